The molecule has 1 aromatic carbocycles. The summed E-state index contributed by atoms with van der Waals surface area (Å²) in [6.07, 6.45) is 4.62. The summed E-state index contributed by atoms with van der Waals surface area (Å²) in [5, 5.41) is 2.34. The molecular formula is C16H18N4S. The van der Waals surface area contributed by atoms with E-state index in [2.05, 4.69) is 51.6 Å². The van der Waals surface area contributed by atoms with E-state index in [1.165, 1.54) is 40.8 Å². The van der Waals surface area contributed by atoms with Gasteiger partial charge in [0.2, 0.25) is 5.13 Å². The Labute approximate surface area is 128 Å². The summed E-state index contributed by atoms with van der Waals surface area (Å²) < 4.78 is 4.52. The Balaban J connectivity index is 1.60. The second-order valence-corrected chi connectivity index (χ2v) is 6.31. The van der Waals surface area contributed by atoms with Crippen LogP contribution in [0.3, 0.4) is 0 Å². The average molecular weight is 298 g/mol. The zero-order valence-corrected chi connectivity index (χ0v) is 12.9. The van der Waals surface area contributed by atoms with Crippen molar-refractivity contribution in [2.24, 2.45) is 0 Å². The van der Waals surface area contributed by atoms with Crippen LogP contribution >= 0.6 is 11.5 Å². The number of para-hydroxylation sites is 1. The summed E-state index contributed by atoms with van der Waals surface area (Å²) in [5.74, 6) is 1.68. The third kappa shape index (κ3) is 2.42. The van der Waals surface area contributed by atoms with Gasteiger partial charge >= 0.3 is 0 Å². The van der Waals surface area contributed by atoms with Gasteiger partial charge in [0.05, 0.1) is 0 Å². The van der Waals surface area contributed by atoms with Crippen molar-refractivity contribution >= 4 is 27.6 Å². The number of rotatable bonds is 5. The molecule has 5 heteroatoms. The third-order valence-electron chi connectivity index (χ3n) is 4.06. The van der Waals surface area contributed by atoms with Crippen molar-refractivity contribution in [3.05, 3.63) is 41.9 Å². The van der Waals surface area contributed by atoms with Gasteiger partial charge in [-0.05, 0) is 31.4 Å². The number of aromatic nitrogens is 3. The van der Waals surface area contributed by atoms with Gasteiger partial charge in [-0.2, -0.15) is 4.37 Å². The molecule has 2 heterocycles. The molecule has 0 unspecified atom stereocenters. The molecule has 0 spiro atoms. The lowest BCUT2D eigenvalue weighted by Crippen LogP contribution is -2.21. The lowest BCUT2D eigenvalue weighted by atomic mass is 10.1. The molecule has 21 heavy (non-hydrogen) atoms. The molecule has 0 atom stereocenters. The zero-order valence-electron chi connectivity index (χ0n) is 12.0. The van der Waals surface area contributed by atoms with E-state index in [0.717, 1.165) is 24.0 Å². The summed E-state index contributed by atoms with van der Waals surface area (Å²) >= 11 is 1.53. The van der Waals surface area contributed by atoms with Crippen molar-refractivity contribution in [3.8, 4) is 0 Å². The van der Waals surface area contributed by atoms with Crippen molar-refractivity contribution in [1.82, 2.24) is 14.3 Å². The lowest BCUT2D eigenvalue weighted by Gasteiger charge is -2.18. The van der Waals surface area contributed by atoms with Crippen LogP contribution in [-0.4, -0.2) is 20.9 Å². The number of benzene rings is 1. The molecule has 0 saturated heterocycles. The van der Waals surface area contributed by atoms with Gasteiger partial charge in [0.25, 0.3) is 0 Å². The molecule has 4 rings (SSSR count). The first-order valence-electron chi connectivity index (χ1n) is 7.48. The van der Waals surface area contributed by atoms with Crippen LogP contribution in [0.25, 0.3) is 10.9 Å². The predicted molar refractivity (Wildman–Crippen MR) is 86.9 cm³/mol. The Kier molecular flexibility index (Phi) is 3.15. The van der Waals surface area contributed by atoms with E-state index in [1.807, 2.05) is 0 Å². The smallest absolute Gasteiger partial charge is 0.205 e. The van der Waals surface area contributed by atoms with Crippen molar-refractivity contribution in [2.75, 3.05) is 11.4 Å². The maximum absolute atomic E-state index is 4.73. The highest BCUT2D eigenvalue weighted by molar-refractivity contribution is 7.09. The van der Waals surface area contributed by atoms with E-state index < -0.39 is 0 Å². The average Bonchev–Trinajstić information content (AvgIpc) is 3.11. The molecule has 0 amide bonds. The topological polar surface area (TPSA) is 44.8 Å². The number of nitrogens with one attached hydrogen (secondary N) is 1. The third-order valence-corrected chi connectivity index (χ3v) is 4.85. The van der Waals surface area contributed by atoms with Crippen LogP contribution in [0.5, 0.6) is 0 Å². The largest absolute Gasteiger partial charge is 0.361 e. The van der Waals surface area contributed by atoms with Gasteiger partial charge in [0.1, 0.15) is 5.82 Å². The second-order valence-electron chi connectivity index (χ2n) is 5.58. The highest BCUT2D eigenvalue weighted by Crippen LogP contribution is 2.39. The van der Waals surface area contributed by atoms with Crippen molar-refractivity contribution in [1.29, 1.82) is 0 Å². The maximum atomic E-state index is 4.73. The fourth-order valence-electron chi connectivity index (χ4n) is 2.64. The minimum absolute atomic E-state index is 0.627. The Bertz CT molecular complexity index is 756. The minimum Gasteiger partial charge on any atom is -0.361 e. The molecule has 1 fully saturated rings. The first-order valence-corrected chi connectivity index (χ1v) is 8.26. The Morgan fingerprint density at radius 1 is 1.33 bits per heavy atom. The molecule has 0 radical (unpaired) electrons. The molecule has 1 aliphatic carbocycles. The van der Waals surface area contributed by atoms with Crippen molar-refractivity contribution < 1.29 is 0 Å². The first-order chi connectivity index (χ1) is 10.3. The van der Waals surface area contributed by atoms with Crippen LogP contribution < -0.4 is 4.90 Å². The Morgan fingerprint density at radius 3 is 3.00 bits per heavy atom. The van der Waals surface area contributed by atoms with E-state index in [4.69, 9.17) is 4.98 Å². The monoisotopic (exact) mass is 298 g/mol. The van der Waals surface area contributed by atoms with E-state index >= 15 is 0 Å². The van der Waals surface area contributed by atoms with Crippen LogP contribution in [0.4, 0.5) is 5.13 Å². The van der Waals surface area contributed by atoms with Crippen LogP contribution in [0.15, 0.2) is 30.5 Å². The van der Waals surface area contributed by atoms with Gasteiger partial charge < -0.3 is 9.88 Å². The first kappa shape index (κ1) is 12.8. The number of nitrogens with zero attached hydrogens (tertiary/aromatic N) is 3. The fourth-order valence-corrected chi connectivity index (χ4v) is 3.45. The van der Waals surface area contributed by atoms with E-state index in [0.29, 0.717) is 5.92 Å². The van der Waals surface area contributed by atoms with Gasteiger partial charge in [-0.3, -0.25) is 0 Å². The Hall–Kier alpha value is -1.88. The number of aromatic amines is 1. The summed E-state index contributed by atoms with van der Waals surface area (Å²) in [6, 6.07) is 8.44. The molecule has 0 aliphatic heterocycles. The highest BCUT2D eigenvalue weighted by atomic mass is 32.1. The van der Waals surface area contributed by atoms with Crippen LogP contribution in [0.2, 0.25) is 0 Å². The van der Waals surface area contributed by atoms with Gasteiger partial charge in [-0.25, -0.2) is 4.98 Å². The normalized spacial score (nSPS) is 14.7. The summed E-state index contributed by atoms with van der Waals surface area (Å²) in [5.41, 5.74) is 2.51. The zero-order chi connectivity index (χ0) is 14.2. The molecule has 1 N–H and O–H groups in total. The molecule has 3 aromatic rings. The van der Waals surface area contributed by atoms with Crippen LogP contribution in [-0.2, 0) is 6.54 Å². The SMILES string of the molecule is CCN(Cc1c[nH]c2ccccc12)c1nc(C2CC2)ns1. The molecule has 2 aromatic heterocycles. The van der Waals surface area contributed by atoms with Crippen molar-refractivity contribution in [2.45, 2.75) is 32.2 Å². The molecule has 4 nitrogen and oxygen atoms in total. The highest BCUT2D eigenvalue weighted by Gasteiger charge is 2.28. The summed E-state index contributed by atoms with van der Waals surface area (Å²) in [6.45, 7) is 3.99. The number of hydrogen-bond acceptors (Lipinski definition) is 4. The number of hydrogen-bond donors (Lipinski definition) is 1. The number of anilines is 1. The van der Waals surface area contributed by atoms with Crippen LogP contribution in [0.1, 0.15) is 37.1 Å². The minimum atomic E-state index is 0.627. The predicted octanol–water partition coefficient (Wildman–Crippen LogP) is 3.92. The van der Waals surface area contributed by atoms with E-state index in [-0.39, 0.29) is 0 Å². The number of fused-ring (bicyclic) bond motifs is 1. The quantitative estimate of drug-likeness (QED) is 0.776. The van der Waals surface area contributed by atoms with Gasteiger partial charge in [0, 0.05) is 47.6 Å². The van der Waals surface area contributed by atoms with Gasteiger partial charge in [0.15, 0.2) is 0 Å². The van der Waals surface area contributed by atoms with Gasteiger partial charge in [-0.15, -0.1) is 0 Å². The number of H-pyrrole nitrogens is 1. The standard InChI is InChI=1S/C16H18N4S/c1-2-20(16-18-15(19-21-16)11-7-8-11)10-12-9-17-14-6-4-3-5-13(12)14/h3-6,9,11,17H,2,7-8,10H2,1H3. The van der Waals surface area contributed by atoms with E-state index in [9.17, 15) is 0 Å². The van der Waals surface area contributed by atoms with E-state index in [1.54, 1.807) is 0 Å². The molecule has 1 saturated carbocycles. The Morgan fingerprint density at radius 2 is 2.19 bits per heavy atom. The summed E-state index contributed by atoms with van der Waals surface area (Å²) in [7, 11) is 0. The van der Waals surface area contributed by atoms with Crippen molar-refractivity contribution in [3.63, 3.8) is 0 Å². The maximum Gasteiger partial charge on any atom is 0.205 e. The lowest BCUT2D eigenvalue weighted by molar-refractivity contribution is 0.823. The second kappa shape index (κ2) is 5.15. The molecule has 1 aliphatic rings. The fraction of sp³-hybridized carbons (Fsp3) is 0.375. The molecule has 108 valence electrons. The molecular weight excluding hydrogens is 280 g/mol. The summed E-state index contributed by atoms with van der Waals surface area (Å²) in [4.78, 5) is 10.4. The van der Waals surface area contributed by atoms with Crippen LogP contribution in [0, 0.1) is 0 Å². The van der Waals surface area contributed by atoms with Gasteiger partial charge in [-0.1, -0.05) is 18.2 Å². The molecule has 0 bridgehead atoms.